The SMILES string of the molecule is Cc1cc(C)c(C(=O)N2CCOC(CN3CCN(C)CC3)C2)o1. The van der Waals surface area contributed by atoms with Crippen LogP contribution in [0.4, 0.5) is 0 Å². The van der Waals surface area contributed by atoms with Gasteiger partial charge in [0.2, 0.25) is 0 Å². The number of likely N-dealkylation sites (N-methyl/N-ethyl adjacent to an activating group) is 1. The molecule has 0 spiro atoms. The average Bonchev–Trinajstić information content (AvgIpc) is 2.88. The zero-order valence-electron chi connectivity index (χ0n) is 14.4. The molecule has 0 aromatic carbocycles. The van der Waals surface area contributed by atoms with Crippen LogP contribution in [0.2, 0.25) is 0 Å². The zero-order chi connectivity index (χ0) is 16.4. The number of furan rings is 1. The monoisotopic (exact) mass is 321 g/mol. The van der Waals surface area contributed by atoms with Crippen LogP contribution in [-0.4, -0.2) is 86.2 Å². The van der Waals surface area contributed by atoms with E-state index in [-0.39, 0.29) is 12.0 Å². The molecule has 128 valence electrons. The first-order valence-corrected chi connectivity index (χ1v) is 8.42. The summed E-state index contributed by atoms with van der Waals surface area (Å²) in [6.45, 7) is 10.9. The Morgan fingerprint density at radius 1 is 1.22 bits per heavy atom. The summed E-state index contributed by atoms with van der Waals surface area (Å²) in [7, 11) is 2.16. The highest BCUT2D eigenvalue weighted by Gasteiger charge is 2.29. The van der Waals surface area contributed by atoms with Crippen molar-refractivity contribution in [3.8, 4) is 0 Å². The van der Waals surface area contributed by atoms with Gasteiger partial charge in [0.25, 0.3) is 5.91 Å². The molecule has 1 aromatic rings. The van der Waals surface area contributed by atoms with Crippen LogP contribution in [-0.2, 0) is 4.74 Å². The van der Waals surface area contributed by atoms with Gasteiger partial charge in [0.05, 0.1) is 12.7 Å². The molecule has 1 unspecified atom stereocenters. The standard InChI is InChI=1S/C17H27N3O3/c1-13-10-14(2)23-16(13)17(21)20-8-9-22-15(12-20)11-19-6-4-18(3)5-7-19/h10,15H,4-9,11-12H2,1-3H3. The number of amides is 1. The van der Waals surface area contributed by atoms with E-state index in [1.807, 2.05) is 24.8 Å². The number of carbonyl (C=O) groups excluding carboxylic acids is 1. The van der Waals surface area contributed by atoms with Gasteiger partial charge >= 0.3 is 0 Å². The van der Waals surface area contributed by atoms with Gasteiger partial charge in [-0.2, -0.15) is 0 Å². The third-order valence-corrected chi connectivity index (χ3v) is 4.72. The van der Waals surface area contributed by atoms with Crippen LogP contribution in [0, 0.1) is 13.8 Å². The minimum Gasteiger partial charge on any atom is -0.456 e. The molecule has 3 heterocycles. The van der Waals surface area contributed by atoms with E-state index >= 15 is 0 Å². The molecule has 2 aliphatic rings. The van der Waals surface area contributed by atoms with Gasteiger partial charge in [-0.25, -0.2) is 0 Å². The van der Waals surface area contributed by atoms with Crippen molar-refractivity contribution in [3.05, 3.63) is 23.2 Å². The topological polar surface area (TPSA) is 49.2 Å². The smallest absolute Gasteiger partial charge is 0.290 e. The molecule has 1 amide bonds. The molecule has 3 rings (SSSR count). The summed E-state index contributed by atoms with van der Waals surface area (Å²) < 4.78 is 11.5. The fraction of sp³-hybridized carbons (Fsp3) is 0.706. The van der Waals surface area contributed by atoms with Gasteiger partial charge in [0, 0.05) is 51.4 Å². The van der Waals surface area contributed by atoms with E-state index in [9.17, 15) is 4.79 Å². The van der Waals surface area contributed by atoms with Gasteiger partial charge < -0.3 is 19.0 Å². The molecular weight excluding hydrogens is 294 g/mol. The molecule has 0 saturated carbocycles. The van der Waals surface area contributed by atoms with Crippen LogP contribution in [0.5, 0.6) is 0 Å². The summed E-state index contributed by atoms with van der Waals surface area (Å²) in [5.74, 6) is 1.25. The molecule has 0 radical (unpaired) electrons. The fourth-order valence-electron chi connectivity index (χ4n) is 3.33. The number of hydrogen-bond donors (Lipinski definition) is 0. The van der Waals surface area contributed by atoms with Crippen LogP contribution in [0.25, 0.3) is 0 Å². The van der Waals surface area contributed by atoms with E-state index in [1.54, 1.807) is 0 Å². The van der Waals surface area contributed by atoms with E-state index in [0.717, 1.165) is 44.0 Å². The second-order valence-electron chi connectivity index (χ2n) is 6.72. The molecule has 23 heavy (non-hydrogen) atoms. The molecule has 0 bridgehead atoms. The summed E-state index contributed by atoms with van der Waals surface area (Å²) >= 11 is 0. The minimum atomic E-state index is -0.0118. The molecule has 6 heteroatoms. The van der Waals surface area contributed by atoms with Crippen LogP contribution in [0.1, 0.15) is 21.9 Å². The quantitative estimate of drug-likeness (QED) is 0.831. The number of carbonyl (C=O) groups is 1. The number of ether oxygens (including phenoxy) is 1. The van der Waals surface area contributed by atoms with Crippen molar-refractivity contribution in [3.63, 3.8) is 0 Å². The number of hydrogen-bond acceptors (Lipinski definition) is 5. The van der Waals surface area contributed by atoms with Gasteiger partial charge in [-0.05, 0) is 27.0 Å². The highest BCUT2D eigenvalue weighted by atomic mass is 16.5. The van der Waals surface area contributed by atoms with Gasteiger partial charge in [-0.15, -0.1) is 0 Å². The maximum atomic E-state index is 12.7. The van der Waals surface area contributed by atoms with E-state index in [2.05, 4.69) is 16.8 Å². The molecule has 0 aliphatic carbocycles. The Hall–Kier alpha value is -1.37. The van der Waals surface area contributed by atoms with Crippen molar-refractivity contribution in [1.29, 1.82) is 0 Å². The van der Waals surface area contributed by atoms with Gasteiger partial charge in [-0.1, -0.05) is 0 Å². The Balaban J connectivity index is 1.57. The molecule has 1 aromatic heterocycles. The van der Waals surface area contributed by atoms with Crippen molar-refractivity contribution in [2.45, 2.75) is 20.0 Å². The molecule has 0 N–H and O–H groups in total. The number of nitrogens with zero attached hydrogens (tertiary/aromatic N) is 3. The Morgan fingerprint density at radius 3 is 2.61 bits per heavy atom. The lowest BCUT2D eigenvalue weighted by atomic mass is 10.2. The summed E-state index contributed by atoms with van der Waals surface area (Å²) in [6, 6.07) is 1.91. The van der Waals surface area contributed by atoms with E-state index < -0.39 is 0 Å². The summed E-state index contributed by atoms with van der Waals surface area (Å²) in [6.07, 6.45) is 0.0903. The molecule has 1 atom stereocenters. The Labute approximate surface area is 138 Å². The van der Waals surface area contributed by atoms with Crippen molar-refractivity contribution in [2.75, 3.05) is 59.5 Å². The number of morpholine rings is 1. The third-order valence-electron chi connectivity index (χ3n) is 4.72. The van der Waals surface area contributed by atoms with Crippen LogP contribution in [0.15, 0.2) is 10.5 Å². The maximum absolute atomic E-state index is 12.7. The highest BCUT2D eigenvalue weighted by molar-refractivity contribution is 5.93. The van der Waals surface area contributed by atoms with E-state index in [1.165, 1.54) is 0 Å². The van der Waals surface area contributed by atoms with E-state index in [4.69, 9.17) is 9.15 Å². The van der Waals surface area contributed by atoms with Crippen molar-refractivity contribution >= 4 is 5.91 Å². The molecular formula is C17H27N3O3. The van der Waals surface area contributed by atoms with Crippen molar-refractivity contribution < 1.29 is 13.9 Å². The van der Waals surface area contributed by atoms with Crippen molar-refractivity contribution in [2.24, 2.45) is 0 Å². The molecule has 2 fully saturated rings. The highest BCUT2D eigenvalue weighted by Crippen LogP contribution is 2.18. The Bertz CT molecular complexity index is 549. The van der Waals surface area contributed by atoms with E-state index in [0.29, 0.717) is 25.5 Å². The van der Waals surface area contributed by atoms with Crippen LogP contribution in [0.3, 0.4) is 0 Å². The molecule has 2 aliphatic heterocycles. The fourth-order valence-corrected chi connectivity index (χ4v) is 3.33. The van der Waals surface area contributed by atoms with Crippen LogP contribution < -0.4 is 0 Å². The lowest BCUT2D eigenvalue weighted by molar-refractivity contribution is -0.0407. The Morgan fingerprint density at radius 2 is 1.96 bits per heavy atom. The Kier molecular flexibility index (Phi) is 5.04. The average molecular weight is 321 g/mol. The predicted molar refractivity (Wildman–Crippen MR) is 87.8 cm³/mol. The van der Waals surface area contributed by atoms with Crippen LogP contribution >= 0.6 is 0 Å². The minimum absolute atomic E-state index is 0.0118. The summed E-state index contributed by atoms with van der Waals surface area (Å²) in [4.78, 5) is 19.3. The lowest BCUT2D eigenvalue weighted by Gasteiger charge is -2.38. The maximum Gasteiger partial charge on any atom is 0.290 e. The lowest BCUT2D eigenvalue weighted by Crippen LogP contribution is -2.52. The third kappa shape index (κ3) is 3.94. The van der Waals surface area contributed by atoms with Gasteiger partial charge in [0.15, 0.2) is 5.76 Å². The summed E-state index contributed by atoms with van der Waals surface area (Å²) in [5, 5.41) is 0. The number of piperazine rings is 1. The second-order valence-corrected chi connectivity index (χ2v) is 6.72. The first kappa shape index (κ1) is 16.5. The number of rotatable bonds is 3. The van der Waals surface area contributed by atoms with Gasteiger partial charge in [0.1, 0.15) is 5.76 Å². The second kappa shape index (κ2) is 7.03. The zero-order valence-corrected chi connectivity index (χ0v) is 14.4. The first-order valence-electron chi connectivity index (χ1n) is 8.42. The normalized spacial score (nSPS) is 24.1. The van der Waals surface area contributed by atoms with Gasteiger partial charge in [-0.3, -0.25) is 9.69 Å². The predicted octanol–water partition coefficient (Wildman–Crippen LogP) is 0.985. The largest absolute Gasteiger partial charge is 0.456 e. The molecule has 2 saturated heterocycles. The summed E-state index contributed by atoms with van der Waals surface area (Å²) in [5.41, 5.74) is 0.912. The first-order chi connectivity index (χ1) is 11.0. The molecule has 6 nitrogen and oxygen atoms in total. The number of aryl methyl sites for hydroxylation is 2. The van der Waals surface area contributed by atoms with Crippen molar-refractivity contribution in [1.82, 2.24) is 14.7 Å².